The van der Waals surface area contributed by atoms with E-state index in [1.807, 2.05) is 18.2 Å². The van der Waals surface area contributed by atoms with Gasteiger partial charge in [0.25, 0.3) is 5.91 Å². The SMILES string of the molecule is Cc1cnc(C(=O)OCC(=O)NCC2COc3ccccc3O2)cn1. The first-order valence-corrected chi connectivity index (χ1v) is 7.73. The minimum Gasteiger partial charge on any atom is -0.486 e. The van der Waals surface area contributed by atoms with Crippen molar-refractivity contribution in [3.8, 4) is 11.5 Å². The maximum Gasteiger partial charge on any atom is 0.359 e. The van der Waals surface area contributed by atoms with Crippen LogP contribution in [0.15, 0.2) is 36.7 Å². The van der Waals surface area contributed by atoms with Gasteiger partial charge < -0.3 is 19.5 Å². The highest BCUT2D eigenvalue weighted by molar-refractivity contribution is 5.89. The topological polar surface area (TPSA) is 99.6 Å². The molecule has 0 radical (unpaired) electrons. The Kier molecular flexibility index (Phi) is 5.08. The summed E-state index contributed by atoms with van der Waals surface area (Å²) in [6.45, 7) is 1.93. The van der Waals surface area contributed by atoms with E-state index in [0.29, 0.717) is 23.8 Å². The number of fused-ring (bicyclic) bond motifs is 1. The second kappa shape index (κ2) is 7.61. The summed E-state index contributed by atoms with van der Waals surface area (Å²) in [6.07, 6.45) is 2.45. The van der Waals surface area contributed by atoms with Crippen LogP contribution in [0.4, 0.5) is 0 Å². The molecule has 8 nitrogen and oxygen atoms in total. The number of para-hydroxylation sites is 2. The number of carbonyl (C=O) groups is 2. The Morgan fingerprint density at radius 3 is 2.80 bits per heavy atom. The van der Waals surface area contributed by atoms with Crippen LogP contribution in [0, 0.1) is 6.92 Å². The standard InChI is InChI=1S/C17H17N3O5/c1-11-6-19-13(8-18-11)17(22)24-10-16(21)20-7-12-9-23-14-4-2-3-5-15(14)25-12/h2-6,8,12H,7,9-10H2,1H3,(H,20,21). The first kappa shape index (κ1) is 16.7. The van der Waals surface area contributed by atoms with Gasteiger partial charge in [0, 0.05) is 6.20 Å². The minimum absolute atomic E-state index is 0.0546. The molecule has 1 aliphatic rings. The molecular formula is C17H17N3O5. The van der Waals surface area contributed by atoms with E-state index in [1.54, 1.807) is 13.0 Å². The van der Waals surface area contributed by atoms with E-state index in [-0.39, 0.29) is 18.3 Å². The smallest absolute Gasteiger partial charge is 0.359 e. The summed E-state index contributed by atoms with van der Waals surface area (Å²) in [7, 11) is 0. The van der Waals surface area contributed by atoms with Crippen molar-refractivity contribution in [3.05, 3.63) is 48.0 Å². The van der Waals surface area contributed by atoms with Gasteiger partial charge in [-0.1, -0.05) is 12.1 Å². The molecule has 130 valence electrons. The number of esters is 1. The number of hydrogen-bond acceptors (Lipinski definition) is 7. The highest BCUT2D eigenvalue weighted by Crippen LogP contribution is 2.30. The van der Waals surface area contributed by atoms with Crippen molar-refractivity contribution in [2.45, 2.75) is 13.0 Å². The Balaban J connectivity index is 1.41. The third-order valence-corrected chi connectivity index (χ3v) is 3.42. The maximum atomic E-state index is 11.8. The Labute approximate surface area is 144 Å². The molecule has 0 saturated carbocycles. The average Bonchev–Trinajstić information content (AvgIpc) is 2.65. The largest absolute Gasteiger partial charge is 0.486 e. The monoisotopic (exact) mass is 343 g/mol. The third kappa shape index (κ3) is 4.43. The lowest BCUT2D eigenvalue weighted by Gasteiger charge is -2.26. The van der Waals surface area contributed by atoms with E-state index < -0.39 is 18.5 Å². The lowest BCUT2D eigenvalue weighted by Crippen LogP contribution is -2.42. The Morgan fingerprint density at radius 1 is 1.24 bits per heavy atom. The summed E-state index contributed by atoms with van der Waals surface area (Å²) in [6, 6.07) is 7.32. The molecule has 8 heteroatoms. The van der Waals surface area contributed by atoms with E-state index in [9.17, 15) is 9.59 Å². The summed E-state index contributed by atoms with van der Waals surface area (Å²) in [5.74, 6) is 0.181. The van der Waals surface area contributed by atoms with E-state index in [2.05, 4.69) is 15.3 Å². The zero-order valence-corrected chi connectivity index (χ0v) is 13.6. The second-order valence-electron chi connectivity index (χ2n) is 5.42. The molecular weight excluding hydrogens is 326 g/mol. The molecule has 1 N–H and O–H groups in total. The van der Waals surface area contributed by atoms with Crippen LogP contribution in [-0.2, 0) is 9.53 Å². The molecule has 3 rings (SSSR count). The van der Waals surface area contributed by atoms with Gasteiger partial charge in [0.05, 0.1) is 18.4 Å². The van der Waals surface area contributed by atoms with Crippen LogP contribution in [0.5, 0.6) is 11.5 Å². The lowest BCUT2D eigenvalue weighted by molar-refractivity contribution is -0.124. The number of aryl methyl sites for hydroxylation is 1. The van der Waals surface area contributed by atoms with Crippen molar-refractivity contribution in [2.75, 3.05) is 19.8 Å². The fourth-order valence-electron chi connectivity index (χ4n) is 2.15. The molecule has 1 atom stereocenters. The summed E-state index contributed by atoms with van der Waals surface area (Å²) in [5, 5.41) is 2.64. The molecule has 0 aliphatic carbocycles. The van der Waals surface area contributed by atoms with Gasteiger partial charge in [-0.05, 0) is 19.1 Å². The van der Waals surface area contributed by atoms with E-state index in [1.165, 1.54) is 12.4 Å². The first-order valence-electron chi connectivity index (χ1n) is 7.73. The van der Waals surface area contributed by atoms with Gasteiger partial charge in [-0.2, -0.15) is 0 Å². The van der Waals surface area contributed by atoms with Gasteiger partial charge in [-0.15, -0.1) is 0 Å². The predicted octanol–water partition coefficient (Wildman–Crippen LogP) is 0.898. The van der Waals surface area contributed by atoms with Crippen LogP contribution < -0.4 is 14.8 Å². The van der Waals surface area contributed by atoms with Crippen LogP contribution >= 0.6 is 0 Å². The molecule has 1 aliphatic heterocycles. The number of carbonyl (C=O) groups excluding carboxylic acids is 2. The van der Waals surface area contributed by atoms with Crippen molar-refractivity contribution in [1.82, 2.24) is 15.3 Å². The molecule has 25 heavy (non-hydrogen) atoms. The first-order chi connectivity index (χ1) is 12.1. The number of nitrogens with zero attached hydrogens (tertiary/aromatic N) is 2. The van der Waals surface area contributed by atoms with Crippen LogP contribution in [-0.4, -0.2) is 47.7 Å². The van der Waals surface area contributed by atoms with Crippen LogP contribution in [0.3, 0.4) is 0 Å². The Morgan fingerprint density at radius 2 is 2.04 bits per heavy atom. The van der Waals surface area contributed by atoms with Crippen molar-refractivity contribution in [1.29, 1.82) is 0 Å². The number of hydrogen-bond donors (Lipinski definition) is 1. The molecule has 0 bridgehead atoms. The number of benzene rings is 1. The van der Waals surface area contributed by atoms with E-state index >= 15 is 0 Å². The van der Waals surface area contributed by atoms with Crippen LogP contribution in [0.2, 0.25) is 0 Å². The average molecular weight is 343 g/mol. The maximum absolute atomic E-state index is 11.8. The van der Waals surface area contributed by atoms with Gasteiger partial charge in [-0.25, -0.2) is 9.78 Å². The molecule has 2 heterocycles. The third-order valence-electron chi connectivity index (χ3n) is 3.42. The number of ether oxygens (including phenoxy) is 3. The van der Waals surface area contributed by atoms with E-state index in [0.717, 1.165) is 0 Å². The molecule has 0 saturated heterocycles. The fraction of sp³-hybridized carbons (Fsp3) is 0.294. The van der Waals surface area contributed by atoms with Gasteiger partial charge in [-0.3, -0.25) is 9.78 Å². The molecule has 0 spiro atoms. The minimum atomic E-state index is -0.700. The summed E-state index contributed by atoms with van der Waals surface area (Å²) >= 11 is 0. The summed E-state index contributed by atoms with van der Waals surface area (Å²) in [4.78, 5) is 31.4. The fourth-order valence-corrected chi connectivity index (χ4v) is 2.15. The number of rotatable bonds is 5. The highest BCUT2D eigenvalue weighted by atomic mass is 16.6. The molecule has 1 aromatic carbocycles. The van der Waals surface area contributed by atoms with Crippen molar-refractivity contribution < 1.29 is 23.8 Å². The zero-order chi connectivity index (χ0) is 17.6. The van der Waals surface area contributed by atoms with E-state index in [4.69, 9.17) is 14.2 Å². The quantitative estimate of drug-likeness (QED) is 0.805. The molecule has 0 fully saturated rings. The van der Waals surface area contributed by atoms with Gasteiger partial charge in [0.15, 0.2) is 23.8 Å². The number of aromatic nitrogens is 2. The van der Waals surface area contributed by atoms with Crippen molar-refractivity contribution in [3.63, 3.8) is 0 Å². The van der Waals surface area contributed by atoms with Crippen LogP contribution in [0.25, 0.3) is 0 Å². The van der Waals surface area contributed by atoms with Gasteiger partial charge >= 0.3 is 5.97 Å². The van der Waals surface area contributed by atoms with Gasteiger partial charge in [0.2, 0.25) is 0 Å². The normalized spacial score (nSPS) is 15.3. The number of amides is 1. The summed E-state index contributed by atoms with van der Waals surface area (Å²) < 4.78 is 16.2. The second-order valence-corrected chi connectivity index (χ2v) is 5.42. The predicted molar refractivity (Wildman–Crippen MR) is 86.4 cm³/mol. The zero-order valence-electron chi connectivity index (χ0n) is 13.6. The lowest BCUT2D eigenvalue weighted by atomic mass is 10.2. The van der Waals surface area contributed by atoms with Crippen LogP contribution in [0.1, 0.15) is 16.2 Å². The van der Waals surface area contributed by atoms with Gasteiger partial charge in [0.1, 0.15) is 12.7 Å². The highest BCUT2D eigenvalue weighted by Gasteiger charge is 2.21. The van der Waals surface area contributed by atoms with Crippen molar-refractivity contribution in [2.24, 2.45) is 0 Å². The molecule has 2 aromatic rings. The van der Waals surface area contributed by atoms with Crippen molar-refractivity contribution >= 4 is 11.9 Å². The summed E-state index contributed by atoms with van der Waals surface area (Å²) in [5.41, 5.74) is 0.740. The Hall–Kier alpha value is -3.16. The molecule has 1 aromatic heterocycles. The Bertz CT molecular complexity index is 763. The molecule has 1 unspecified atom stereocenters. The number of nitrogens with one attached hydrogen (secondary N) is 1. The molecule has 1 amide bonds.